The molecule has 0 aromatic heterocycles. The van der Waals surface area contributed by atoms with Crippen molar-refractivity contribution in [1.82, 2.24) is 0 Å². The van der Waals surface area contributed by atoms with Crippen LogP contribution in [0, 0.1) is 6.92 Å². The summed E-state index contributed by atoms with van der Waals surface area (Å²) in [4.78, 5) is 41.3. The van der Waals surface area contributed by atoms with Crippen LogP contribution in [-0.2, 0) is 14.3 Å². The van der Waals surface area contributed by atoms with Gasteiger partial charge in [0.25, 0.3) is 11.8 Å². The van der Waals surface area contributed by atoms with Crippen molar-refractivity contribution in [2.45, 2.75) is 31.8 Å². The number of nitrogens with one attached hydrogen (secondary N) is 1. The maximum Gasteiger partial charge on any atom is 0.338 e. The number of carbonyl (C=O) groups excluding carboxylic acids is 3. The van der Waals surface area contributed by atoms with E-state index in [9.17, 15) is 14.4 Å². The number of nitrogens with zero attached hydrogens (tertiary/aromatic N) is 1. The second-order valence-electron chi connectivity index (χ2n) is 8.15. The number of amides is 2. The zero-order chi connectivity index (χ0) is 25.1. The molecule has 0 atom stereocenters. The highest BCUT2D eigenvalue weighted by Crippen LogP contribution is 2.38. The van der Waals surface area contributed by atoms with E-state index in [0.717, 1.165) is 21.0 Å². The van der Waals surface area contributed by atoms with Crippen LogP contribution in [0.1, 0.15) is 29.8 Å². The molecule has 0 saturated carbocycles. The Morgan fingerprint density at radius 3 is 2.23 bits per heavy atom. The first-order valence-electron chi connectivity index (χ1n) is 10.9. The molecule has 0 spiro atoms. The lowest BCUT2D eigenvalue weighted by atomic mass is 10.2. The number of benzene rings is 3. The van der Waals surface area contributed by atoms with Crippen LogP contribution in [0.25, 0.3) is 0 Å². The molecular formula is C27H23ClN2O4S. The molecule has 8 heteroatoms. The molecule has 0 radical (unpaired) electrons. The van der Waals surface area contributed by atoms with Crippen molar-refractivity contribution in [2.75, 3.05) is 10.2 Å². The standard InChI is InChI=1S/C27H23ClN2O4S/c1-16(2)34-27(33)18-8-12-20(13-9-18)30-25(31)23(29-22-7-5-4-6-17(22)3)24(26(30)32)35-21-14-10-19(28)11-15-21/h4-16,29H,1-3H3. The van der Waals surface area contributed by atoms with Gasteiger partial charge >= 0.3 is 5.97 Å². The van der Waals surface area contributed by atoms with Crippen molar-refractivity contribution < 1.29 is 19.1 Å². The van der Waals surface area contributed by atoms with E-state index in [0.29, 0.717) is 16.3 Å². The summed E-state index contributed by atoms with van der Waals surface area (Å²) in [7, 11) is 0. The topological polar surface area (TPSA) is 75.7 Å². The summed E-state index contributed by atoms with van der Waals surface area (Å²) < 4.78 is 5.21. The first-order valence-corrected chi connectivity index (χ1v) is 12.1. The van der Waals surface area contributed by atoms with Crippen LogP contribution in [0.5, 0.6) is 0 Å². The van der Waals surface area contributed by atoms with Gasteiger partial charge in [0.05, 0.1) is 17.4 Å². The monoisotopic (exact) mass is 506 g/mol. The number of carbonyl (C=O) groups is 3. The van der Waals surface area contributed by atoms with Crippen molar-refractivity contribution in [3.05, 3.63) is 99.5 Å². The molecule has 0 saturated heterocycles. The molecule has 1 aliphatic heterocycles. The molecule has 1 heterocycles. The Balaban J connectivity index is 1.68. The lowest BCUT2D eigenvalue weighted by Crippen LogP contribution is -2.32. The molecule has 3 aromatic rings. The third-order valence-corrected chi connectivity index (χ3v) is 6.53. The van der Waals surface area contributed by atoms with Crippen LogP contribution in [0.3, 0.4) is 0 Å². The highest BCUT2D eigenvalue weighted by molar-refractivity contribution is 8.04. The number of ether oxygens (including phenoxy) is 1. The molecule has 4 rings (SSSR count). The summed E-state index contributed by atoms with van der Waals surface area (Å²) in [6.45, 7) is 5.45. The second-order valence-corrected chi connectivity index (χ2v) is 9.67. The van der Waals surface area contributed by atoms with E-state index in [1.165, 1.54) is 11.8 Å². The molecule has 0 bridgehead atoms. The van der Waals surface area contributed by atoms with E-state index >= 15 is 0 Å². The van der Waals surface area contributed by atoms with Crippen LogP contribution >= 0.6 is 23.4 Å². The van der Waals surface area contributed by atoms with E-state index in [-0.39, 0.29) is 16.7 Å². The normalized spacial score (nSPS) is 13.6. The van der Waals surface area contributed by atoms with Crippen molar-refractivity contribution in [2.24, 2.45) is 0 Å². The van der Waals surface area contributed by atoms with Gasteiger partial charge in [-0.05, 0) is 80.9 Å². The number of para-hydroxylation sites is 1. The number of hydrogen-bond acceptors (Lipinski definition) is 6. The van der Waals surface area contributed by atoms with Gasteiger partial charge in [-0.25, -0.2) is 9.69 Å². The predicted octanol–water partition coefficient (Wildman–Crippen LogP) is 6.20. The van der Waals surface area contributed by atoms with E-state index in [1.807, 2.05) is 31.2 Å². The Kier molecular flexibility index (Phi) is 7.28. The third kappa shape index (κ3) is 5.42. The molecule has 0 aliphatic carbocycles. The van der Waals surface area contributed by atoms with Crippen molar-refractivity contribution in [3.8, 4) is 0 Å². The third-order valence-electron chi connectivity index (χ3n) is 5.18. The smallest absolute Gasteiger partial charge is 0.338 e. The van der Waals surface area contributed by atoms with Gasteiger partial charge in [0.15, 0.2) is 0 Å². The van der Waals surface area contributed by atoms with Gasteiger partial charge in [-0.3, -0.25) is 9.59 Å². The first-order chi connectivity index (χ1) is 16.7. The zero-order valence-electron chi connectivity index (χ0n) is 19.4. The van der Waals surface area contributed by atoms with Crippen LogP contribution in [0.4, 0.5) is 11.4 Å². The average molecular weight is 507 g/mol. The summed E-state index contributed by atoms with van der Waals surface area (Å²) in [5.41, 5.74) is 2.54. The average Bonchev–Trinajstić information content (AvgIpc) is 3.05. The number of aryl methyl sites for hydroxylation is 1. The fourth-order valence-corrected chi connectivity index (χ4v) is 4.50. The SMILES string of the molecule is Cc1ccccc1NC1=C(Sc2ccc(Cl)cc2)C(=O)N(c2ccc(C(=O)OC(C)C)cc2)C1=O. The van der Waals surface area contributed by atoms with Crippen LogP contribution in [0.15, 0.2) is 88.3 Å². The van der Waals surface area contributed by atoms with E-state index < -0.39 is 17.8 Å². The Morgan fingerprint density at radius 2 is 1.60 bits per heavy atom. The summed E-state index contributed by atoms with van der Waals surface area (Å²) >= 11 is 7.19. The number of rotatable bonds is 7. The fraction of sp³-hybridized carbons (Fsp3) is 0.148. The highest BCUT2D eigenvalue weighted by atomic mass is 35.5. The molecule has 35 heavy (non-hydrogen) atoms. The molecular weight excluding hydrogens is 484 g/mol. The molecule has 0 fully saturated rings. The molecule has 178 valence electrons. The van der Waals surface area contributed by atoms with Crippen LogP contribution in [0.2, 0.25) is 5.02 Å². The number of anilines is 2. The number of esters is 1. The van der Waals surface area contributed by atoms with E-state index in [2.05, 4.69) is 5.32 Å². The van der Waals surface area contributed by atoms with Gasteiger partial charge in [-0.1, -0.05) is 41.6 Å². The number of halogens is 1. The first kappa shape index (κ1) is 24.6. The predicted molar refractivity (Wildman–Crippen MR) is 139 cm³/mol. The Hall–Kier alpha value is -3.55. The van der Waals surface area contributed by atoms with Gasteiger partial charge in [-0.15, -0.1) is 0 Å². The van der Waals surface area contributed by atoms with Crippen molar-refractivity contribution >= 4 is 52.5 Å². The Bertz CT molecular complexity index is 1320. The maximum absolute atomic E-state index is 13.5. The minimum atomic E-state index is -0.479. The molecule has 0 unspecified atom stereocenters. The van der Waals surface area contributed by atoms with Gasteiger partial charge < -0.3 is 10.1 Å². The van der Waals surface area contributed by atoms with Gasteiger partial charge in [0.1, 0.15) is 10.6 Å². The zero-order valence-corrected chi connectivity index (χ0v) is 20.9. The minimum Gasteiger partial charge on any atom is -0.459 e. The van der Waals surface area contributed by atoms with Gasteiger partial charge in [0.2, 0.25) is 0 Å². The van der Waals surface area contributed by atoms with Crippen LogP contribution < -0.4 is 10.2 Å². The van der Waals surface area contributed by atoms with Gasteiger partial charge in [-0.2, -0.15) is 0 Å². The van der Waals surface area contributed by atoms with Crippen molar-refractivity contribution in [3.63, 3.8) is 0 Å². The molecule has 1 aliphatic rings. The Morgan fingerprint density at radius 1 is 0.943 bits per heavy atom. The summed E-state index contributed by atoms with van der Waals surface area (Å²) in [6, 6.07) is 20.8. The summed E-state index contributed by atoms with van der Waals surface area (Å²) in [6.07, 6.45) is -0.254. The highest BCUT2D eigenvalue weighted by Gasteiger charge is 2.40. The van der Waals surface area contributed by atoms with Crippen LogP contribution in [-0.4, -0.2) is 23.9 Å². The minimum absolute atomic E-state index is 0.188. The van der Waals surface area contributed by atoms with E-state index in [4.69, 9.17) is 16.3 Å². The lowest BCUT2D eigenvalue weighted by Gasteiger charge is -2.16. The largest absolute Gasteiger partial charge is 0.459 e. The maximum atomic E-state index is 13.5. The summed E-state index contributed by atoms with van der Waals surface area (Å²) in [5.74, 6) is -1.40. The molecule has 2 amide bonds. The van der Waals surface area contributed by atoms with E-state index in [1.54, 1.807) is 62.4 Å². The quantitative estimate of drug-likeness (QED) is 0.303. The van der Waals surface area contributed by atoms with Crippen molar-refractivity contribution in [1.29, 1.82) is 0 Å². The fourth-order valence-electron chi connectivity index (χ4n) is 3.45. The second kappa shape index (κ2) is 10.4. The number of imide groups is 1. The Labute approximate surface area is 212 Å². The number of thioether (sulfide) groups is 1. The molecule has 6 nitrogen and oxygen atoms in total. The van der Waals surface area contributed by atoms with Gasteiger partial charge in [0, 0.05) is 15.6 Å². The summed E-state index contributed by atoms with van der Waals surface area (Å²) in [5, 5.41) is 3.75. The number of hydrogen-bond donors (Lipinski definition) is 1. The lowest BCUT2D eigenvalue weighted by molar-refractivity contribution is -0.120. The molecule has 3 aromatic carbocycles. The molecule has 1 N–H and O–H groups in total.